The minimum absolute atomic E-state index is 0.0720. The molecular weight excluding hydrogens is 232 g/mol. The molecule has 0 radical (unpaired) electrons. The van der Waals surface area contributed by atoms with Crippen LogP contribution in [0.15, 0.2) is 48.5 Å². The minimum atomic E-state index is 0.0720. The van der Waals surface area contributed by atoms with Crippen LogP contribution in [0.5, 0.6) is 0 Å². The van der Waals surface area contributed by atoms with Crippen molar-refractivity contribution in [2.75, 3.05) is 0 Å². The third-order valence-corrected chi connectivity index (χ3v) is 2.72. The van der Waals surface area contributed by atoms with Crippen LogP contribution in [-0.4, -0.2) is 5.11 Å². The zero-order valence-corrected chi connectivity index (χ0v) is 10.1. The number of hydrogen-bond acceptors (Lipinski definition) is 1. The first kappa shape index (κ1) is 11.9. The molecule has 0 aromatic heterocycles. The van der Waals surface area contributed by atoms with Gasteiger partial charge in [0.05, 0.1) is 6.61 Å². The van der Waals surface area contributed by atoms with E-state index in [1.807, 2.05) is 60.7 Å². The van der Waals surface area contributed by atoms with Crippen molar-refractivity contribution < 1.29 is 5.11 Å². The molecule has 2 aromatic rings. The predicted octanol–water partition coefficient (Wildman–Crippen LogP) is 4.00. The van der Waals surface area contributed by atoms with Gasteiger partial charge in [-0.1, -0.05) is 54.1 Å². The molecule has 2 heteroatoms. The molecule has 0 atom stereocenters. The predicted molar refractivity (Wildman–Crippen MR) is 72.7 cm³/mol. The summed E-state index contributed by atoms with van der Waals surface area (Å²) in [7, 11) is 0. The first-order valence-corrected chi connectivity index (χ1v) is 5.79. The summed E-state index contributed by atoms with van der Waals surface area (Å²) >= 11 is 5.82. The van der Waals surface area contributed by atoms with Crippen molar-refractivity contribution in [3.63, 3.8) is 0 Å². The van der Waals surface area contributed by atoms with Gasteiger partial charge in [0, 0.05) is 5.02 Å². The smallest absolute Gasteiger partial charge is 0.0682 e. The van der Waals surface area contributed by atoms with Crippen LogP contribution in [0.1, 0.15) is 16.7 Å². The first-order chi connectivity index (χ1) is 8.28. The summed E-state index contributed by atoms with van der Waals surface area (Å²) < 4.78 is 0. The van der Waals surface area contributed by atoms with E-state index in [9.17, 15) is 0 Å². The maximum Gasteiger partial charge on any atom is 0.0682 e. The Labute approximate surface area is 106 Å². The summed E-state index contributed by atoms with van der Waals surface area (Å²) in [5.41, 5.74) is 3.10. The van der Waals surface area contributed by atoms with Gasteiger partial charge in [0.1, 0.15) is 0 Å². The lowest BCUT2D eigenvalue weighted by atomic mass is 10.1. The highest BCUT2D eigenvalue weighted by Gasteiger charge is 1.92. The van der Waals surface area contributed by atoms with Crippen LogP contribution in [0.4, 0.5) is 0 Å². The van der Waals surface area contributed by atoms with Crippen LogP contribution >= 0.6 is 11.6 Å². The monoisotopic (exact) mass is 244 g/mol. The number of hydrogen-bond donors (Lipinski definition) is 1. The molecule has 0 fully saturated rings. The summed E-state index contributed by atoms with van der Waals surface area (Å²) in [5, 5.41) is 9.78. The molecule has 0 aliphatic carbocycles. The van der Waals surface area contributed by atoms with Gasteiger partial charge in [-0.3, -0.25) is 0 Å². The normalized spacial score (nSPS) is 10.9. The van der Waals surface area contributed by atoms with Gasteiger partial charge in [-0.2, -0.15) is 0 Å². The van der Waals surface area contributed by atoms with Gasteiger partial charge in [0.25, 0.3) is 0 Å². The Bertz CT molecular complexity index is 515. The number of aliphatic hydroxyl groups excluding tert-OH is 1. The third kappa shape index (κ3) is 3.45. The highest BCUT2D eigenvalue weighted by molar-refractivity contribution is 6.30. The average Bonchev–Trinajstić information content (AvgIpc) is 2.38. The molecule has 1 N–H and O–H groups in total. The van der Waals surface area contributed by atoms with E-state index in [0.717, 1.165) is 21.7 Å². The Morgan fingerprint density at radius 1 is 0.941 bits per heavy atom. The van der Waals surface area contributed by atoms with Crippen LogP contribution in [0.2, 0.25) is 5.02 Å². The molecule has 0 spiro atoms. The fraction of sp³-hybridized carbons (Fsp3) is 0.0667. The van der Waals surface area contributed by atoms with Crippen molar-refractivity contribution in [1.29, 1.82) is 0 Å². The molecular formula is C15H13ClO. The van der Waals surface area contributed by atoms with E-state index in [0.29, 0.717) is 0 Å². The average molecular weight is 245 g/mol. The fourth-order valence-corrected chi connectivity index (χ4v) is 1.69. The van der Waals surface area contributed by atoms with E-state index < -0.39 is 0 Å². The topological polar surface area (TPSA) is 20.2 Å². The molecule has 0 aliphatic rings. The summed E-state index contributed by atoms with van der Waals surface area (Å²) in [6.45, 7) is 0.0720. The second kappa shape index (κ2) is 5.67. The third-order valence-electron chi connectivity index (χ3n) is 2.47. The molecule has 0 bridgehead atoms. The van der Waals surface area contributed by atoms with Crippen molar-refractivity contribution >= 4 is 23.8 Å². The van der Waals surface area contributed by atoms with Gasteiger partial charge in [-0.25, -0.2) is 0 Å². The van der Waals surface area contributed by atoms with E-state index in [4.69, 9.17) is 16.7 Å². The zero-order chi connectivity index (χ0) is 12.1. The molecule has 0 aliphatic heterocycles. The van der Waals surface area contributed by atoms with E-state index in [-0.39, 0.29) is 6.61 Å². The van der Waals surface area contributed by atoms with E-state index in [1.165, 1.54) is 0 Å². The molecule has 2 rings (SSSR count). The minimum Gasteiger partial charge on any atom is -0.392 e. The molecule has 2 aromatic carbocycles. The van der Waals surface area contributed by atoms with E-state index in [1.54, 1.807) is 0 Å². The Balaban J connectivity index is 2.16. The van der Waals surface area contributed by atoms with Gasteiger partial charge in [0.2, 0.25) is 0 Å². The lowest BCUT2D eigenvalue weighted by Gasteiger charge is -1.98. The second-order valence-electron chi connectivity index (χ2n) is 3.79. The zero-order valence-electron chi connectivity index (χ0n) is 9.31. The van der Waals surface area contributed by atoms with Crippen LogP contribution in [0, 0.1) is 0 Å². The van der Waals surface area contributed by atoms with Gasteiger partial charge in [-0.05, 0) is 34.9 Å². The summed E-state index contributed by atoms with van der Waals surface area (Å²) in [5.74, 6) is 0. The van der Waals surface area contributed by atoms with Gasteiger partial charge < -0.3 is 5.11 Å². The van der Waals surface area contributed by atoms with E-state index in [2.05, 4.69) is 0 Å². The Morgan fingerprint density at radius 2 is 1.65 bits per heavy atom. The number of benzene rings is 2. The molecule has 0 unspecified atom stereocenters. The maximum absolute atomic E-state index is 9.04. The Morgan fingerprint density at radius 3 is 2.35 bits per heavy atom. The molecule has 0 saturated carbocycles. The standard InChI is InChI=1S/C15H13ClO/c16-15-8-6-12(7-9-15)4-5-13-2-1-3-14(10-13)11-17/h1-10,17H,11H2. The Hall–Kier alpha value is -1.57. The highest BCUT2D eigenvalue weighted by atomic mass is 35.5. The Kier molecular flexibility index (Phi) is 3.97. The van der Waals surface area contributed by atoms with Gasteiger partial charge >= 0.3 is 0 Å². The number of rotatable bonds is 3. The van der Waals surface area contributed by atoms with Crippen molar-refractivity contribution in [3.8, 4) is 0 Å². The lowest BCUT2D eigenvalue weighted by Crippen LogP contribution is -1.82. The fourth-order valence-electron chi connectivity index (χ4n) is 1.56. The van der Waals surface area contributed by atoms with Crippen LogP contribution in [0.3, 0.4) is 0 Å². The summed E-state index contributed by atoms with van der Waals surface area (Å²) in [4.78, 5) is 0. The van der Waals surface area contributed by atoms with Crippen molar-refractivity contribution in [2.45, 2.75) is 6.61 Å². The maximum atomic E-state index is 9.04. The first-order valence-electron chi connectivity index (χ1n) is 5.41. The van der Waals surface area contributed by atoms with Crippen molar-refractivity contribution in [1.82, 2.24) is 0 Å². The number of halogens is 1. The lowest BCUT2D eigenvalue weighted by molar-refractivity contribution is 0.282. The SMILES string of the molecule is OCc1cccc(C=Cc2ccc(Cl)cc2)c1. The van der Waals surface area contributed by atoms with Gasteiger partial charge in [0.15, 0.2) is 0 Å². The van der Waals surface area contributed by atoms with Crippen LogP contribution in [-0.2, 0) is 6.61 Å². The highest BCUT2D eigenvalue weighted by Crippen LogP contribution is 2.13. The van der Waals surface area contributed by atoms with Crippen molar-refractivity contribution in [2.24, 2.45) is 0 Å². The molecule has 0 saturated heterocycles. The number of aliphatic hydroxyl groups is 1. The second-order valence-corrected chi connectivity index (χ2v) is 4.22. The quantitative estimate of drug-likeness (QED) is 0.809. The van der Waals surface area contributed by atoms with Crippen molar-refractivity contribution in [3.05, 3.63) is 70.2 Å². The molecule has 0 heterocycles. The molecule has 86 valence electrons. The largest absolute Gasteiger partial charge is 0.392 e. The van der Waals surface area contributed by atoms with Gasteiger partial charge in [-0.15, -0.1) is 0 Å². The molecule has 17 heavy (non-hydrogen) atoms. The molecule has 1 nitrogen and oxygen atoms in total. The summed E-state index contributed by atoms with van der Waals surface area (Å²) in [6.07, 6.45) is 4.04. The van der Waals surface area contributed by atoms with Crippen LogP contribution < -0.4 is 0 Å². The van der Waals surface area contributed by atoms with Crippen LogP contribution in [0.25, 0.3) is 12.2 Å². The summed E-state index contributed by atoms with van der Waals surface area (Å²) in [6, 6.07) is 15.5. The van der Waals surface area contributed by atoms with E-state index >= 15 is 0 Å². The molecule has 0 amide bonds.